The average Bonchev–Trinajstić information content (AvgIpc) is 2.88. The predicted molar refractivity (Wildman–Crippen MR) is 133 cm³/mol. The number of nitro benzene ring substituents is 1. The normalized spacial score (nSPS) is 10.5. The smallest absolute Gasteiger partial charge is 0.343 e. The van der Waals surface area contributed by atoms with Crippen LogP contribution in [0.1, 0.15) is 15.9 Å². The molecule has 3 rings (SSSR count). The Bertz CT molecular complexity index is 1310. The summed E-state index contributed by atoms with van der Waals surface area (Å²) in [4.78, 5) is 35.2. The first-order valence-corrected chi connectivity index (χ1v) is 11.0. The zero-order valence-electron chi connectivity index (χ0n) is 19.1. The van der Waals surface area contributed by atoms with Gasteiger partial charge in [-0.2, -0.15) is 5.10 Å². The van der Waals surface area contributed by atoms with Crippen molar-refractivity contribution in [1.29, 1.82) is 0 Å². The Morgan fingerprint density at radius 2 is 1.72 bits per heavy atom. The van der Waals surface area contributed by atoms with E-state index in [9.17, 15) is 19.7 Å². The van der Waals surface area contributed by atoms with Crippen LogP contribution in [0, 0.1) is 10.1 Å². The van der Waals surface area contributed by atoms with E-state index in [1.807, 2.05) is 0 Å². The molecule has 1 amide bonds. The SMILES string of the molecule is COc1ccc(C(=O)Oc2ccc(Br)cc2/C=N\NC(=O)COc2ccccc2[N+](=O)[O-])cc1OC. The van der Waals surface area contributed by atoms with Crippen molar-refractivity contribution in [2.24, 2.45) is 5.10 Å². The molecule has 0 aliphatic heterocycles. The summed E-state index contributed by atoms with van der Waals surface area (Å²) in [6.07, 6.45) is 1.28. The summed E-state index contributed by atoms with van der Waals surface area (Å²) >= 11 is 3.34. The van der Waals surface area contributed by atoms with Crippen molar-refractivity contribution in [3.8, 4) is 23.0 Å². The van der Waals surface area contributed by atoms with E-state index in [1.165, 1.54) is 50.8 Å². The van der Waals surface area contributed by atoms with E-state index in [0.29, 0.717) is 21.5 Å². The van der Waals surface area contributed by atoms with Crippen LogP contribution in [-0.2, 0) is 4.79 Å². The molecule has 3 aromatic carbocycles. The fourth-order valence-electron chi connectivity index (χ4n) is 2.91. The summed E-state index contributed by atoms with van der Waals surface area (Å²) in [5.41, 5.74) is 2.62. The van der Waals surface area contributed by atoms with Crippen molar-refractivity contribution in [3.63, 3.8) is 0 Å². The molecular weight excluding hydrogens is 538 g/mol. The molecule has 0 saturated carbocycles. The number of nitro groups is 1. The number of para-hydroxylation sites is 2. The van der Waals surface area contributed by atoms with Gasteiger partial charge in [-0.15, -0.1) is 0 Å². The van der Waals surface area contributed by atoms with Crippen molar-refractivity contribution in [1.82, 2.24) is 5.43 Å². The lowest BCUT2D eigenvalue weighted by Gasteiger charge is -2.11. The Kier molecular flexibility index (Phi) is 8.95. The third-order valence-electron chi connectivity index (χ3n) is 4.61. The van der Waals surface area contributed by atoms with E-state index in [4.69, 9.17) is 18.9 Å². The van der Waals surface area contributed by atoms with Gasteiger partial charge in [0.2, 0.25) is 0 Å². The minimum Gasteiger partial charge on any atom is -0.493 e. The number of ether oxygens (including phenoxy) is 4. The fraction of sp³-hybridized carbons (Fsp3) is 0.125. The molecule has 11 nitrogen and oxygen atoms in total. The summed E-state index contributed by atoms with van der Waals surface area (Å²) in [5.74, 6) is -0.314. The Labute approximate surface area is 213 Å². The van der Waals surface area contributed by atoms with Crippen LogP contribution in [0.2, 0.25) is 0 Å². The van der Waals surface area contributed by atoms with Gasteiger partial charge >= 0.3 is 11.7 Å². The molecule has 0 aliphatic carbocycles. The lowest BCUT2D eigenvalue weighted by molar-refractivity contribution is -0.385. The maximum atomic E-state index is 12.7. The van der Waals surface area contributed by atoms with Crippen molar-refractivity contribution in [3.05, 3.63) is 86.4 Å². The number of halogens is 1. The highest BCUT2D eigenvalue weighted by Crippen LogP contribution is 2.29. The molecule has 0 heterocycles. The topological polar surface area (TPSA) is 139 Å². The molecule has 0 radical (unpaired) electrons. The predicted octanol–water partition coefficient (Wildman–Crippen LogP) is 4.12. The molecule has 186 valence electrons. The lowest BCUT2D eigenvalue weighted by atomic mass is 10.2. The standard InChI is InChI=1S/C24H20BrN3O8/c1-33-21-9-7-15(12-22(21)34-2)24(30)36-19-10-8-17(25)11-16(19)13-26-27-23(29)14-35-20-6-4-3-5-18(20)28(31)32/h3-13H,14H2,1-2H3,(H,27,29)/b26-13-. The van der Waals surface area contributed by atoms with Crippen molar-refractivity contribution < 1.29 is 33.5 Å². The highest BCUT2D eigenvalue weighted by Gasteiger charge is 2.16. The van der Waals surface area contributed by atoms with Crippen LogP contribution in [0.25, 0.3) is 0 Å². The highest BCUT2D eigenvalue weighted by molar-refractivity contribution is 9.10. The van der Waals surface area contributed by atoms with Gasteiger partial charge in [0.15, 0.2) is 23.9 Å². The molecule has 0 aliphatic rings. The number of nitrogens with one attached hydrogen (secondary N) is 1. The number of carbonyl (C=O) groups is 2. The molecule has 1 N–H and O–H groups in total. The largest absolute Gasteiger partial charge is 0.493 e. The minimum atomic E-state index is -0.650. The van der Waals surface area contributed by atoms with E-state index in [2.05, 4.69) is 26.5 Å². The van der Waals surface area contributed by atoms with Gasteiger partial charge in [0.25, 0.3) is 5.91 Å². The van der Waals surface area contributed by atoms with Crippen molar-refractivity contribution >= 4 is 39.7 Å². The van der Waals surface area contributed by atoms with Crippen LogP contribution in [0.15, 0.2) is 70.2 Å². The van der Waals surface area contributed by atoms with Gasteiger partial charge in [0.1, 0.15) is 5.75 Å². The number of nitrogens with zero attached hydrogens (tertiary/aromatic N) is 2. The lowest BCUT2D eigenvalue weighted by Crippen LogP contribution is -2.24. The van der Waals surface area contributed by atoms with E-state index in [0.717, 1.165) is 0 Å². The van der Waals surface area contributed by atoms with Crippen LogP contribution in [0.5, 0.6) is 23.0 Å². The van der Waals surface area contributed by atoms with Gasteiger partial charge < -0.3 is 18.9 Å². The van der Waals surface area contributed by atoms with E-state index < -0.39 is 23.4 Å². The number of rotatable bonds is 10. The highest BCUT2D eigenvalue weighted by atomic mass is 79.9. The Morgan fingerprint density at radius 3 is 2.44 bits per heavy atom. The summed E-state index contributed by atoms with van der Waals surface area (Å²) in [6, 6.07) is 15.2. The number of carbonyl (C=O) groups excluding carboxylic acids is 2. The average molecular weight is 558 g/mol. The maximum absolute atomic E-state index is 12.7. The first-order chi connectivity index (χ1) is 17.3. The van der Waals surface area contributed by atoms with E-state index in [1.54, 1.807) is 30.3 Å². The molecule has 0 fully saturated rings. The quantitative estimate of drug-likeness (QED) is 0.129. The van der Waals surface area contributed by atoms with E-state index in [-0.39, 0.29) is 22.7 Å². The molecule has 0 bridgehead atoms. The first-order valence-electron chi connectivity index (χ1n) is 10.2. The summed E-state index contributed by atoms with van der Waals surface area (Å²) < 4.78 is 21.8. The van der Waals surface area contributed by atoms with Crippen LogP contribution < -0.4 is 24.4 Å². The third-order valence-corrected chi connectivity index (χ3v) is 5.10. The number of hydrogen-bond donors (Lipinski definition) is 1. The molecule has 12 heteroatoms. The second-order valence-corrected chi connectivity index (χ2v) is 7.86. The molecule has 0 aromatic heterocycles. The van der Waals surface area contributed by atoms with Crippen LogP contribution in [0.3, 0.4) is 0 Å². The summed E-state index contributed by atoms with van der Waals surface area (Å²) in [6.45, 7) is -0.498. The number of benzene rings is 3. The van der Waals surface area contributed by atoms with Crippen LogP contribution in [-0.4, -0.2) is 43.8 Å². The molecule has 36 heavy (non-hydrogen) atoms. The fourth-order valence-corrected chi connectivity index (χ4v) is 3.29. The third kappa shape index (κ3) is 6.79. The maximum Gasteiger partial charge on any atom is 0.343 e. The van der Waals surface area contributed by atoms with E-state index >= 15 is 0 Å². The zero-order chi connectivity index (χ0) is 26.1. The summed E-state index contributed by atoms with van der Waals surface area (Å²) in [7, 11) is 2.94. The second kappa shape index (κ2) is 12.3. The monoisotopic (exact) mass is 557 g/mol. The second-order valence-electron chi connectivity index (χ2n) is 6.95. The molecule has 0 unspecified atom stereocenters. The molecular formula is C24H20BrN3O8. The first kappa shape index (κ1) is 26.2. The number of hydrazone groups is 1. The summed E-state index contributed by atoms with van der Waals surface area (Å²) in [5, 5.41) is 14.9. The molecule has 0 spiro atoms. The van der Waals surface area contributed by atoms with Crippen LogP contribution >= 0.6 is 15.9 Å². The van der Waals surface area contributed by atoms with Gasteiger partial charge in [0, 0.05) is 16.1 Å². The van der Waals surface area contributed by atoms with Crippen LogP contribution in [0.4, 0.5) is 5.69 Å². The Hall–Kier alpha value is -4.45. The number of esters is 1. The number of methoxy groups -OCH3 is 2. The molecule has 0 atom stereocenters. The Morgan fingerprint density at radius 1 is 1.00 bits per heavy atom. The van der Waals surface area contributed by atoms with Gasteiger partial charge in [-0.3, -0.25) is 14.9 Å². The molecule has 3 aromatic rings. The van der Waals surface area contributed by atoms with Gasteiger partial charge in [-0.05, 0) is 42.5 Å². The van der Waals surface area contributed by atoms with Gasteiger partial charge in [-0.1, -0.05) is 28.1 Å². The zero-order valence-corrected chi connectivity index (χ0v) is 20.7. The van der Waals surface area contributed by atoms with Gasteiger partial charge in [0.05, 0.1) is 30.9 Å². The minimum absolute atomic E-state index is 0.0435. The number of amides is 1. The molecule has 0 saturated heterocycles. The van der Waals surface area contributed by atoms with Gasteiger partial charge in [-0.25, -0.2) is 10.2 Å². The van der Waals surface area contributed by atoms with Crippen molar-refractivity contribution in [2.75, 3.05) is 20.8 Å². The Balaban J connectivity index is 1.66. The van der Waals surface area contributed by atoms with Crippen molar-refractivity contribution in [2.45, 2.75) is 0 Å². The number of hydrogen-bond acceptors (Lipinski definition) is 9.